The van der Waals surface area contributed by atoms with Crippen molar-refractivity contribution in [3.05, 3.63) is 82.7 Å². The number of carbonyl (C=O) groups is 1. The van der Waals surface area contributed by atoms with E-state index in [0.29, 0.717) is 24.2 Å². The first-order valence-electron chi connectivity index (χ1n) is 10.6. The Bertz CT molecular complexity index is 1110. The molecule has 1 aromatic heterocycles. The van der Waals surface area contributed by atoms with Crippen LogP contribution < -0.4 is 0 Å². The molecule has 1 unspecified atom stereocenters. The Kier molecular flexibility index (Phi) is 4.85. The quantitative estimate of drug-likeness (QED) is 0.705. The number of benzene rings is 2. The highest BCUT2D eigenvalue weighted by Crippen LogP contribution is 2.49. The van der Waals surface area contributed by atoms with Gasteiger partial charge >= 0.3 is 0 Å². The second-order valence-electron chi connectivity index (χ2n) is 8.97. The van der Waals surface area contributed by atoms with Gasteiger partial charge in [0.05, 0.1) is 0 Å². The zero-order valence-electron chi connectivity index (χ0n) is 17.8. The average molecular weight is 420 g/mol. The molecule has 1 atom stereocenters. The van der Waals surface area contributed by atoms with Gasteiger partial charge in [-0.05, 0) is 37.1 Å². The number of H-pyrrole nitrogens is 1. The monoisotopic (exact) mass is 419 g/mol. The molecule has 1 amide bonds. The van der Waals surface area contributed by atoms with E-state index in [9.17, 15) is 9.18 Å². The average Bonchev–Trinajstić information content (AvgIpc) is 3.33. The van der Waals surface area contributed by atoms with Crippen LogP contribution in [-0.4, -0.2) is 57.1 Å². The van der Waals surface area contributed by atoms with E-state index < -0.39 is 0 Å². The third-order valence-electron chi connectivity index (χ3n) is 6.61. The minimum Gasteiger partial charge on any atom is -0.337 e. The molecule has 0 bridgehead atoms. The molecule has 1 N–H and O–H groups in total. The lowest BCUT2D eigenvalue weighted by Gasteiger charge is -2.50. The topological polar surface area (TPSA) is 65.1 Å². The highest BCUT2D eigenvalue weighted by atomic mass is 19.1. The van der Waals surface area contributed by atoms with Gasteiger partial charge in [-0.2, -0.15) is 5.10 Å². The summed E-state index contributed by atoms with van der Waals surface area (Å²) in [5.41, 5.74) is 2.14. The van der Waals surface area contributed by atoms with Crippen LogP contribution in [0.1, 0.15) is 39.1 Å². The lowest BCUT2D eigenvalue weighted by molar-refractivity contribution is 0.00177. The number of aryl methyl sites for hydroxylation is 2. The molecule has 2 aromatic carbocycles. The van der Waals surface area contributed by atoms with Crippen LogP contribution in [0.3, 0.4) is 0 Å². The summed E-state index contributed by atoms with van der Waals surface area (Å²) in [5.74, 6) is 1.32. The van der Waals surface area contributed by atoms with Gasteiger partial charge < -0.3 is 4.90 Å². The lowest BCUT2D eigenvalue weighted by Crippen LogP contribution is -2.61. The van der Waals surface area contributed by atoms with Gasteiger partial charge in [-0.3, -0.25) is 14.8 Å². The molecule has 1 spiro atoms. The number of likely N-dealkylation sites (tertiary alicyclic amines) is 2. The lowest BCUT2D eigenvalue weighted by atomic mass is 9.71. The summed E-state index contributed by atoms with van der Waals surface area (Å²) >= 11 is 0. The number of aromatic amines is 1. The Morgan fingerprint density at radius 2 is 1.94 bits per heavy atom. The van der Waals surface area contributed by atoms with E-state index in [4.69, 9.17) is 0 Å². The zero-order chi connectivity index (χ0) is 21.6. The zero-order valence-corrected chi connectivity index (χ0v) is 17.8. The maximum absolute atomic E-state index is 14.0. The van der Waals surface area contributed by atoms with Crippen LogP contribution in [0.4, 0.5) is 4.39 Å². The minimum absolute atomic E-state index is 0.0810. The molecule has 31 heavy (non-hydrogen) atoms. The first-order chi connectivity index (χ1) is 14.9. The van der Waals surface area contributed by atoms with Crippen LogP contribution in [-0.2, 0) is 6.54 Å². The molecule has 3 aromatic rings. The second kappa shape index (κ2) is 7.57. The van der Waals surface area contributed by atoms with Gasteiger partial charge in [0.2, 0.25) is 0 Å². The summed E-state index contributed by atoms with van der Waals surface area (Å²) in [5, 5.41) is 7.42. The molecule has 2 aliphatic rings. The Morgan fingerprint density at radius 3 is 2.61 bits per heavy atom. The number of rotatable bonds is 4. The minimum atomic E-state index is -0.343. The van der Waals surface area contributed by atoms with Crippen LogP contribution in [0, 0.1) is 25.1 Å². The molecule has 6 nitrogen and oxygen atoms in total. The molecular weight excluding hydrogens is 393 g/mol. The van der Waals surface area contributed by atoms with Gasteiger partial charge in [-0.15, -0.1) is 0 Å². The van der Waals surface area contributed by atoms with Gasteiger partial charge in [-0.1, -0.05) is 36.4 Å². The van der Waals surface area contributed by atoms with E-state index >= 15 is 0 Å². The van der Waals surface area contributed by atoms with E-state index in [0.717, 1.165) is 31.3 Å². The predicted molar refractivity (Wildman–Crippen MR) is 115 cm³/mol. The Morgan fingerprint density at radius 1 is 1.16 bits per heavy atom. The summed E-state index contributed by atoms with van der Waals surface area (Å²) in [6, 6.07) is 15.1. The van der Waals surface area contributed by atoms with Gasteiger partial charge in [0.25, 0.3) is 5.91 Å². The number of aromatic nitrogens is 3. The van der Waals surface area contributed by atoms with Crippen molar-refractivity contribution in [2.24, 2.45) is 5.41 Å². The number of carbonyl (C=O) groups excluding carboxylic acids is 1. The first kappa shape index (κ1) is 19.9. The molecule has 3 heterocycles. The van der Waals surface area contributed by atoms with Gasteiger partial charge in [0.15, 0.2) is 5.82 Å². The number of hydrogen-bond donors (Lipinski definition) is 1. The molecule has 0 radical (unpaired) electrons. The molecular formula is C24H26FN5O. The van der Waals surface area contributed by atoms with Crippen molar-refractivity contribution < 1.29 is 9.18 Å². The van der Waals surface area contributed by atoms with Crippen LogP contribution >= 0.6 is 0 Å². The number of hydrogen-bond acceptors (Lipinski definition) is 4. The Labute approximate surface area is 181 Å². The molecule has 2 aliphatic heterocycles. The third kappa shape index (κ3) is 3.63. The molecule has 0 saturated carbocycles. The van der Waals surface area contributed by atoms with E-state index in [1.807, 2.05) is 17.9 Å². The van der Waals surface area contributed by atoms with E-state index in [-0.39, 0.29) is 23.1 Å². The normalized spacial score (nSPS) is 20.2. The highest BCUT2D eigenvalue weighted by Gasteiger charge is 2.57. The van der Waals surface area contributed by atoms with Crippen molar-refractivity contribution in [1.82, 2.24) is 25.0 Å². The van der Waals surface area contributed by atoms with E-state index in [2.05, 4.69) is 44.3 Å². The van der Waals surface area contributed by atoms with Crippen molar-refractivity contribution in [2.45, 2.75) is 26.3 Å². The maximum atomic E-state index is 14.0. The fourth-order valence-corrected chi connectivity index (χ4v) is 4.99. The van der Waals surface area contributed by atoms with Crippen molar-refractivity contribution in [3.63, 3.8) is 0 Å². The third-order valence-corrected chi connectivity index (χ3v) is 6.61. The summed E-state index contributed by atoms with van der Waals surface area (Å²) in [6.45, 7) is 7.46. The van der Waals surface area contributed by atoms with Crippen molar-refractivity contribution >= 4 is 5.91 Å². The maximum Gasteiger partial charge on any atom is 0.253 e. The van der Waals surface area contributed by atoms with Crippen LogP contribution in [0.5, 0.6) is 0 Å². The Hall–Kier alpha value is -3.06. The largest absolute Gasteiger partial charge is 0.337 e. The molecule has 0 aliphatic carbocycles. The SMILES string of the molecule is Cc1nc(C2CN(Cc3ccccc3)CC23CN(C(=O)c2ccc(C)c(F)c2)C3)n[nH]1. The van der Waals surface area contributed by atoms with Gasteiger partial charge in [-0.25, -0.2) is 9.37 Å². The molecule has 7 heteroatoms. The van der Waals surface area contributed by atoms with Crippen molar-refractivity contribution in [2.75, 3.05) is 26.2 Å². The summed E-state index contributed by atoms with van der Waals surface area (Å²) in [7, 11) is 0. The molecule has 2 fully saturated rings. The number of halogens is 1. The summed E-state index contributed by atoms with van der Waals surface area (Å²) < 4.78 is 14.0. The van der Waals surface area contributed by atoms with Crippen molar-refractivity contribution in [3.8, 4) is 0 Å². The fraction of sp³-hybridized carbons (Fsp3) is 0.375. The molecule has 160 valence electrons. The van der Waals surface area contributed by atoms with Crippen LogP contribution in [0.15, 0.2) is 48.5 Å². The van der Waals surface area contributed by atoms with Gasteiger partial charge in [0.1, 0.15) is 11.6 Å². The predicted octanol–water partition coefficient (Wildman–Crippen LogP) is 3.30. The summed E-state index contributed by atoms with van der Waals surface area (Å²) in [4.78, 5) is 21.8. The Balaban J connectivity index is 1.35. The first-order valence-corrected chi connectivity index (χ1v) is 10.6. The highest BCUT2D eigenvalue weighted by molar-refractivity contribution is 5.95. The van der Waals surface area contributed by atoms with Crippen molar-refractivity contribution in [1.29, 1.82) is 0 Å². The summed E-state index contributed by atoms with van der Waals surface area (Å²) in [6.07, 6.45) is 0. The van der Waals surface area contributed by atoms with Crippen LogP contribution in [0.25, 0.3) is 0 Å². The number of nitrogens with zero attached hydrogens (tertiary/aromatic N) is 4. The second-order valence-corrected chi connectivity index (χ2v) is 8.97. The standard InChI is InChI=1S/C24H26FN5O/c1-16-8-9-19(10-21(16)25)23(31)30-14-24(15-30)13-29(11-18-6-4-3-5-7-18)12-20(24)22-26-17(2)27-28-22/h3-10,20H,11-15H2,1-2H3,(H,26,27,28). The number of amides is 1. The fourth-order valence-electron chi connectivity index (χ4n) is 4.99. The van der Waals surface area contributed by atoms with E-state index in [1.165, 1.54) is 11.6 Å². The van der Waals surface area contributed by atoms with Gasteiger partial charge in [0, 0.05) is 49.6 Å². The molecule has 5 rings (SSSR count). The smallest absolute Gasteiger partial charge is 0.253 e. The number of nitrogens with one attached hydrogen (secondary N) is 1. The van der Waals surface area contributed by atoms with E-state index in [1.54, 1.807) is 19.1 Å². The molecule has 2 saturated heterocycles. The van der Waals surface area contributed by atoms with Crippen LogP contribution in [0.2, 0.25) is 0 Å².